The van der Waals surface area contributed by atoms with Gasteiger partial charge in [0.05, 0.1) is 11.4 Å². The van der Waals surface area contributed by atoms with E-state index in [2.05, 4.69) is 55.0 Å². The largest absolute Gasteiger partial charge is 0.378 e. The number of hydrogen-bond acceptors (Lipinski definition) is 5. The average molecular weight is 650 g/mol. The molecular formula is C37H55N5O3S. The predicted molar refractivity (Wildman–Crippen MR) is 194 cm³/mol. The number of benzene rings is 1. The van der Waals surface area contributed by atoms with E-state index in [0.717, 1.165) is 78.1 Å². The van der Waals surface area contributed by atoms with E-state index >= 15 is 0 Å². The molecule has 9 heteroatoms. The fourth-order valence-corrected chi connectivity index (χ4v) is 6.23. The third kappa shape index (κ3) is 12.6. The van der Waals surface area contributed by atoms with E-state index in [-0.39, 0.29) is 11.7 Å². The molecule has 0 radical (unpaired) electrons. The Morgan fingerprint density at radius 1 is 1.15 bits per heavy atom. The van der Waals surface area contributed by atoms with E-state index in [4.69, 9.17) is 4.98 Å². The number of nitrogens with zero attached hydrogens (tertiary/aromatic N) is 2. The highest BCUT2D eigenvalue weighted by molar-refractivity contribution is 7.89. The van der Waals surface area contributed by atoms with Crippen molar-refractivity contribution >= 4 is 21.6 Å². The maximum absolute atomic E-state index is 13.4. The van der Waals surface area contributed by atoms with Crippen molar-refractivity contribution in [1.82, 2.24) is 19.6 Å². The summed E-state index contributed by atoms with van der Waals surface area (Å²) in [6.45, 7) is 18.3. The van der Waals surface area contributed by atoms with Crippen LogP contribution in [0.1, 0.15) is 76.8 Å². The zero-order chi connectivity index (χ0) is 34.3. The van der Waals surface area contributed by atoms with Crippen molar-refractivity contribution in [3.8, 4) is 11.4 Å². The van der Waals surface area contributed by atoms with E-state index in [0.29, 0.717) is 30.1 Å². The van der Waals surface area contributed by atoms with Gasteiger partial charge in [0.25, 0.3) is 5.91 Å². The molecule has 0 bridgehead atoms. The fraction of sp³-hybridized carbons (Fsp3) is 0.459. The quantitative estimate of drug-likeness (QED) is 0.0776. The first-order valence-corrected chi connectivity index (χ1v) is 17.9. The molecule has 0 fully saturated rings. The fourth-order valence-electron chi connectivity index (χ4n) is 5.18. The van der Waals surface area contributed by atoms with Gasteiger partial charge in [0.1, 0.15) is 5.82 Å². The number of amides is 1. The number of likely N-dealkylation sites (N-methyl/N-ethyl adjacent to an activating group) is 1. The molecule has 252 valence electrons. The van der Waals surface area contributed by atoms with Gasteiger partial charge in [-0.3, -0.25) is 4.79 Å². The average Bonchev–Trinajstić information content (AvgIpc) is 3.41. The van der Waals surface area contributed by atoms with E-state index in [9.17, 15) is 13.2 Å². The van der Waals surface area contributed by atoms with Crippen molar-refractivity contribution < 1.29 is 13.2 Å². The maximum Gasteiger partial charge on any atom is 0.251 e. The number of carbonyl (C=O) groups excluding carboxylic acids is 1. The summed E-state index contributed by atoms with van der Waals surface area (Å²) in [6.07, 6.45) is 14.7. The van der Waals surface area contributed by atoms with Crippen LogP contribution < -0.4 is 10.0 Å². The van der Waals surface area contributed by atoms with Gasteiger partial charge in [-0.2, -0.15) is 0 Å². The van der Waals surface area contributed by atoms with Crippen molar-refractivity contribution in [1.29, 1.82) is 0 Å². The Hall–Kier alpha value is -3.69. The SMILES string of the molecule is C=C/C=C(\C/C(C)=C\CS(=O)(=O)NCCC(C)CCC)C(=O)Nc1ccc(C)c(-c2nc(CC/C=C(\C=C)N(C)C)c(CC)[nH]2)c1. The lowest BCUT2D eigenvalue weighted by molar-refractivity contribution is -0.112. The van der Waals surface area contributed by atoms with Crippen LogP contribution in [0.25, 0.3) is 11.4 Å². The van der Waals surface area contributed by atoms with Crippen LogP contribution in [0.5, 0.6) is 0 Å². The summed E-state index contributed by atoms with van der Waals surface area (Å²) in [5.74, 6) is 0.860. The number of aryl methyl sites for hydroxylation is 3. The summed E-state index contributed by atoms with van der Waals surface area (Å²) in [6, 6.07) is 5.78. The van der Waals surface area contributed by atoms with Gasteiger partial charge in [0.15, 0.2) is 0 Å². The highest BCUT2D eigenvalue weighted by Crippen LogP contribution is 2.27. The molecule has 1 atom stereocenters. The van der Waals surface area contributed by atoms with Crippen molar-refractivity contribution in [3.05, 3.63) is 95.5 Å². The number of anilines is 1. The molecule has 0 saturated carbocycles. The first-order chi connectivity index (χ1) is 21.8. The molecule has 3 N–H and O–H groups in total. The summed E-state index contributed by atoms with van der Waals surface area (Å²) < 4.78 is 27.7. The molecule has 1 heterocycles. The molecule has 0 saturated heterocycles. The number of hydrogen-bond donors (Lipinski definition) is 3. The summed E-state index contributed by atoms with van der Waals surface area (Å²) >= 11 is 0. The Morgan fingerprint density at radius 3 is 2.52 bits per heavy atom. The molecular weight excluding hydrogens is 595 g/mol. The molecule has 0 spiro atoms. The molecule has 2 rings (SSSR count). The molecule has 0 aliphatic carbocycles. The third-order valence-corrected chi connectivity index (χ3v) is 9.15. The molecule has 1 aromatic carbocycles. The number of carbonyl (C=O) groups is 1. The predicted octanol–water partition coefficient (Wildman–Crippen LogP) is 7.64. The van der Waals surface area contributed by atoms with Gasteiger partial charge in [-0.25, -0.2) is 18.1 Å². The topological polar surface area (TPSA) is 107 Å². The van der Waals surface area contributed by atoms with Crippen LogP contribution >= 0.6 is 0 Å². The Balaban J connectivity index is 2.14. The Kier molecular flexibility index (Phi) is 16.0. The first kappa shape index (κ1) is 38.5. The third-order valence-electron chi connectivity index (χ3n) is 7.90. The minimum atomic E-state index is -3.44. The van der Waals surface area contributed by atoms with Gasteiger partial charge in [-0.15, -0.1) is 0 Å². The van der Waals surface area contributed by atoms with E-state index in [1.54, 1.807) is 18.2 Å². The van der Waals surface area contributed by atoms with Gasteiger partial charge in [-0.05, 0) is 75.6 Å². The molecule has 1 unspecified atom stereocenters. The van der Waals surface area contributed by atoms with Crippen LogP contribution in [0, 0.1) is 12.8 Å². The second-order valence-electron chi connectivity index (χ2n) is 12.1. The first-order valence-electron chi connectivity index (χ1n) is 16.3. The van der Waals surface area contributed by atoms with Gasteiger partial charge in [-0.1, -0.05) is 82.7 Å². The maximum atomic E-state index is 13.4. The lowest BCUT2D eigenvalue weighted by Gasteiger charge is -2.13. The minimum Gasteiger partial charge on any atom is -0.378 e. The van der Waals surface area contributed by atoms with E-state index < -0.39 is 10.0 Å². The molecule has 0 aliphatic heterocycles. The zero-order valence-corrected chi connectivity index (χ0v) is 29.8. The summed E-state index contributed by atoms with van der Waals surface area (Å²) in [5.41, 5.74) is 7.09. The number of imidazole rings is 1. The minimum absolute atomic E-state index is 0.127. The number of H-pyrrole nitrogens is 1. The van der Waals surface area contributed by atoms with Crippen LogP contribution in [0.15, 0.2) is 78.6 Å². The highest BCUT2D eigenvalue weighted by atomic mass is 32.2. The van der Waals surface area contributed by atoms with Gasteiger partial charge >= 0.3 is 0 Å². The number of aromatic nitrogens is 2. The van der Waals surface area contributed by atoms with Crippen molar-refractivity contribution in [2.75, 3.05) is 31.7 Å². The van der Waals surface area contributed by atoms with Crippen molar-refractivity contribution in [3.63, 3.8) is 0 Å². The summed E-state index contributed by atoms with van der Waals surface area (Å²) in [4.78, 5) is 23.9. The number of allylic oxidation sites excluding steroid dienone is 5. The molecule has 1 aromatic heterocycles. The van der Waals surface area contributed by atoms with Crippen LogP contribution in [-0.4, -0.2) is 55.6 Å². The van der Waals surface area contributed by atoms with Gasteiger partial charge in [0.2, 0.25) is 10.0 Å². The number of aromatic amines is 1. The van der Waals surface area contributed by atoms with E-state index in [1.165, 1.54) is 0 Å². The highest BCUT2D eigenvalue weighted by Gasteiger charge is 2.16. The summed E-state index contributed by atoms with van der Waals surface area (Å²) in [5, 5.41) is 3.01. The van der Waals surface area contributed by atoms with Crippen LogP contribution in [0.2, 0.25) is 0 Å². The van der Waals surface area contributed by atoms with Crippen LogP contribution in [-0.2, 0) is 27.7 Å². The standard InChI is InChI=1S/C37H55N5O3S/c1-10-15-27(5)21-23-38-46(44,45)24-22-28(6)25-30(16-11-2)37(43)39-31-20-19-29(7)33(26-31)36-40-34(13-4)35(41-36)18-14-17-32(12-3)42(8)9/h11-12,16-17,19-20,22,26-27,38H,2-3,10,13-15,18,21,23-25H2,1,4-9H3,(H,39,43)(H,40,41)/b28-22-,30-16+,32-17+. The van der Waals surface area contributed by atoms with Crippen LogP contribution in [0.3, 0.4) is 0 Å². The molecule has 0 aliphatic rings. The zero-order valence-electron chi connectivity index (χ0n) is 29.0. The van der Waals surface area contributed by atoms with Gasteiger partial charge in [0, 0.05) is 48.9 Å². The smallest absolute Gasteiger partial charge is 0.251 e. The van der Waals surface area contributed by atoms with E-state index in [1.807, 2.05) is 57.1 Å². The molecule has 46 heavy (non-hydrogen) atoms. The van der Waals surface area contributed by atoms with Crippen molar-refractivity contribution in [2.24, 2.45) is 5.92 Å². The normalized spacial score (nSPS) is 13.4. The summed E-state index contributed by atoms with van der Waals surface area (Å²) in [7, 11) is 0.565. The number of nitrogens with one attached hydrogen (secondary N) is 3. The number of rotatable bonds is 20. The lowest BCUT2D eigenvalue weighted by atomic mass is 10.0. The Morgan fingerprint density at radius 2 is 1.89 bits per heavy atom. The second-order valence-corrected chi connectivity index (χ2v) is 14.0. The van der Waals surface area contributed by atoms with Gasteiger partial charge < -0.3 is 15.2 Å². The monoisotopic (exact) mass is 649 g/mol. The van der Waals surface area contributed by atoms with Crippen molar-refractivity contribution in [2.45, 2.75) is 79.6 Å². The molecule has 2 aromatic rings. The lowest BCUT2D eigenvalue weighted by Crippen LogP contribution is -2.27. The molecule has 8 nitrogen and oxygen atoms in total. The second kappa shape index (κ2) is 19.1. The number of sulfonamides is 1. The Bertz CT molecular complexity index is 1530. The molecule has 1 amide bonds. The Labute approximate surface area is 277 Å². The van der Waals surface area contributed by atoms with Crippen LogP contribution in [0.4, 0.5) is 5.69 Å².